The first kappa shape index (κ1) is 12.2. The Bertz CT molecular complexity index is 381. The molecule has 1 aliphatic carbocycles. The maximum absolute atomic E-state index is 6.28. The van der Waals surface area contributed by atoms with Crippen LogP contribution in [0.4, 0.5) is 0 Å². The number of benzene rings is 1. The minimum absolute atomic E-state index is 0.211. The average molecular weight is 246 g/mol. The molecule has 1 saturated heterocycles. The van der Waals surface area contributed by atoms with Gasteiger partial charge in [0.25, 0.3) is 0 Å². The van der Waals surface area contributed by atoms with E-state index in [4.69, 9.17) is 9.47 Å². The van der Waals surface area contributed by atoms with Crippen molar-refractivity contribution in [3.05, 3.63) is 35.9 Å². The Morgan fingerprint density at radius 3 is 2.50 bits per heavy atom. The second-order valence-corrected chi connectivity index (χ2v) is 5.64. The SMILES string of the molecule is C[C@H]1OC2(CCCCC2)O[C@@H]1Cc1ccccc1. The van der Waals surface area contributed by atoms with E-state index in [1.54, 1.807) is 0 Å². The lowest BCUT2D eigenvalue weighted by molar-refractivity contribution is -0.192. The molecule has 2 atom stereocenters. The molecule has 1 heterocycles. The average Bonchev–Trinajstić information content (AvgIpc) is 2.68. The highest BCUT2D eigenvalue weighted by molar-refractivity contribution is 5.16. The van der Waals surface area contributed by atoms with Gasteiger partial charge in [-0.1, -0.05) is 36.8 Å². The minimum Gasteiger partial charge on any atom is -0.344 e. The Labute approximate surface area is 109 Å². The van der Waals surface area contributed by atoms with Gasteiger partial charge in [0, 0.05) is 19.3 Å². The molecular formula is C16H22O2. The van der Waals surface area contributed by atoms with Crippen molar-refractivity contribution in [2.24, 2.45) is 0 Å². The lowest BCUT2D eigenvalue weighted by atomic mass is 9.94. The van der Waals surface area contributed by atoms with Crippen molar-refractivity contribution in [3.63, 3.8) is 0 Å². The summed E-state index contributed by atoms with van der Waals surface area (Å²) in [5, 5.41) is 0. The smallest absolute Gasteiger partial charge is 0.169 e. The highest BCUT2D eigenvalue weighted by atomic mass is 16.8. The third-order valence-electron chi connectivity index (χ3n) is 4.19. The maximum atomic E-state index is 6.28. The molecule has 1 aromatic rings. The summed E-state index contributed by atoms with van der Waals surface area (Å²) >= 11 is 0. The van der Waals surface area contributed by atoms with Gasteiger partial charge in [-0.05, 0) is 25.3 Å². The van der Waals surface area contributed by atoms with Crippen LogP contribution in [0.25, 0.3) is 0 Å². The second kappa shape index (κ2) is 5.02. The summed E-state index contributed by atoms with van der Waals surface area (Å²) in [7, 11) is 0. The van der Waals surface area contributed by atoms with Crippen molar-refractivity contribution < 1.29 is 9.47 Å². The van der Waals surface area contributed by atoms with Crippen LogP contribution in [0.5, 0.6) is 0 Å². The van der Waals surface area contributed by atoms with Crippen molar-refractivity contribution in [2.45, 2.75) is 63.4 Å². The maximum Gasteiger partial charge on any atom is 0.169 e. The van der Waals surface area contributed by atoms with Gasteiger partial charge in [0.1, 0.15) is 0 Å². The van der Waals surface area contributed by atoms with Crippen molar-refractivity contribution in [1.82, 2.24) is 0 Å². The molecule has 1 spiro atoms. The van der Waals surface area contributed by atoms with Crippen LogP contribution >= 0.6 is 0 Å². The zero-order chi connectivity index (χ0) is 12.4. The first-order valence-electron chi connectivity index (χ1n) is 7.17. The van der Waals surface area contributed by atoms with E-state index in [2.05, 4.69) is 37.3 Å². The Hall–Kier alpha value is -0.860. The molecule has 2 nitrogen and oxygen atoms in total. The third kappa shape index (κ3) is 2.45. The van der Waals surface area contributed by atoms with Crippen LogP contribution in [0, 0.1) is 0 Å². The normalized spacial score (nSPS) is 30.7. The largest absolute Gasteiger partial charge is 0.344 e. The molecule has 0 bridgehead atoms. The third-order valence-corrected chi connectivity index (χ3v) is 4.19. The highest BCUT2D eigenvalue weighted by Crippen LogP contribution is 2.41. The van der Waals surface area contributed by atoms with Crippen molar-refractivity contribution in [2.75, 3.05) is 0 Å². The Kier molecular flexibility index (Phi) is 3.40. The quantitative estimate of drug-likeness (QED) is 0.792. The Morgan fingerprint density at radius 1 is 1.06 bits per heavy atom. The molecular weight excluding hydrogens is 224 g/mol. The fourth-order valence-corrected chi connectivity index (χ4v) is 3.19. The topological polar surface area (TPSA) is 18.5 Å². The van der Waals surface area contributed by atoms with E-state index < -0.39 is 0 Å². The van der Waals surface area contributed by atoms with Crippen molar-refractivity contribution in [1.29, 1.82) is 0 Å². The molecule has 18 heavy (non-hydrogen) atoms. The molecule has 0 N–H and O–H groups in total. The van der Waals surface area contributed by atoms with Gasteiger partial charge in [-0.3, -0.25) is 0 Å². The van der Waals surface area contributed by atoms with Crippen LogP contribution in [0.2, 0.25) is 0 Å². The van der Waals surface area contributed by atoms with E-state index in [9.17, 15) is 0 Å². The second-order valence-electron chi connectivity index (χ2n) is 5.64. The highest BCUT2D eigenvalue weighted by Gasteiger charge is 2.45. The standard InChI is InChI=1S/C16H22O2/c1-13-15(12-14-8-4-2-5-9-14)18-16(17-13)10-6-3-7-11-16/h2,4-5,8-9,13,15H,3,6-7,10-12H2,1H3/t13-,15-/m1/s1. The van der Waals surface area contributed by atoms with E-state index in [0.717, 1.165) is 19.3 Å². The van der Waals surface area contributed by atoms with Crippen LogP contribution in [0.15, 0.2) is 30.3 Å². The lowest BCUT2D eigenvalue weighted by Crippen LogP contribution is -2.33. The van der Waals surface area contributed by atoms with E-state index >= 15 is 0 Å². The molecule has 0 unspecified atom stereocenters. The first-order chi connectivity index (χ1) is 8.77. The molecule has 2 heteroatoms. The molecule has 3 rings (SSSR count). The number of ether oxygens (including phenoxy) is 2. The number of hydrogen-bond donors (Lipinski definition) is 0. The molecule has 2 aliphatic rings. The van der Waals surface area contributed by atoms with Crippen LogP contribution in [0.3, 0.4) is 0 Å². The number of rotatable bonds is 2. The van der Waals surface area contributed by atoms with E-state index in [0.29, 0.717) is 0 Å². The van der Waals surface area contributed by atoms with Gasteiger partial charge in [-0.2, -0.15) is 0 Å². The zero-order valence-electron chi connectivity index (χ0n) is 11.1. The lowest BCUT2D eigenvalue weighted by Gasteiger charge is -2.31. The minimum atomic E-state index is -0.253. The summed E-state index contributed by atoms with van der Waals surface area (Å²) < 4.78 is 12.4. The predicted molar refractivity (Wildman–Crippen MR) is 71.4 cm³/mol. The van der Waals surface area contributed by atoms with Crippen molar-refractivity contribution in [3.8, 4) is 0 Å². The van der Waals surface area contributed by atoms with Gasteiger partial charge in [0.15, 0.2) is 5.79 Å². The first-order valence-corrected chi connectivity index (χ1v) is 7.17. The molecule has 98 valence electrons. The van der Waals surface area contributed by atoms with Gasteiger partial charge in [-0.15, -0.1) is 0 Å². The number of hydrogen-bond acceptors (Lipinski definition) is 2. The van der Waals surface area contributed by atoms with E-state index in [-0.39, 0.29) is 18.0 Å². The Balaban J connectivity index is 1.67. The van der Waals surface area contributed by atoms with E-state index in [1.165, 1.54) is 24.8 Å². The zero-order valence-corrected chi connectivity index (χ0v) is 11.1. The summed E-state index contributed by atoms with van der Waals surface area (Å²) in [5.74, 6) is -0.253. The molecule has 0 amide bonds. The van der Waals surface area contributed by atoms with Gasteiger partial charge < -0.3 is 9.47 Å². The summed E-state index contributed by atoms with van der Waals surface area (Å²) in [6.45, 7) is 2.15. The predicted octanol–water partition coefficient (Wildman–Crippen LogP) is 3.69. The fourth-order valence-electron chi connectivity index (χ4n) is 3.19. The van der Waals surface area contributed by atoms with Crippen LogP contribution < -0.4 is 0 Å². The monoisotopic (exact) mass is 246 g/mol. The summed E-state index contributed by atoms with van der Waals surface area (Å²) in [6, 6.07) is 10.6. The van der Waals surface area contributed by atoms with E-state index in [1.807, 2.05) is 0 Å². The molecule has 1 aliphatic heterocycles. The van der Waals surface area contributed by atoms with Crippen LogP contribution in [-0.2, 0) is 15.9 Å². The fraction of sp³-hybridized carbons (Fsp3) is 0.625. The van der Waals surface area contributed by atoms with Crippen molar-refractivity contribution >= 4 is 0 Å². The van der Waals surface area contributed by atoms with Crippen LogP contribution in [0.1, 0.15) is 44.6 Å². The molecule has 1 aromatic carbocycles. The molecule has 0 aromatic heterocycles. The summed E-state index contributed by atoms with van der Waals surface area (Å²) in [6.07, 6.45) is 7.34. The summed E-state index contributed by atoms with van der Waals surface area (Å²) in [4.78, 5) is 0. The molecule has 0 radical (unpaired) electrons. The van der Waals surface area contributed by atoms with Crippen LogP contribution in [-0.4, -0.2) is 18.0 Å². The molecule has 2 fully saturated rings. The molecule has 1 saturated carbocycles. The van der Waals surface area contributed by atoms with Gasteiger partial charge >= 0.3 is 0 Å². The summed E-state index contributed by atoms with van der Waals surface area (Å²) in [5.41, 5.74) is 1.34. The Morgan fingerprint density at radius 2 is 1.78 bits per heavy atom. The van der Waals surface area contributed by atoms with Gasteiger partial charge in [-0.25, -0.2) is 0 Å². The van der Waals surface area contributed by atoms with Gasteiger partial charge in [0.2, 0.25) is 0 Å². The van der Waals surface area contributed by atoms with Gasteiger partial charge in [0.05, 0.1) is 12.2 Å².